The Morgan fingerprint density at radius 1 is 1.20 bits per heavy atom. The molecule has 0 radical (unpaired) electrons. The molecule has 0 heterocycles. The molecule has 0 aromatic carbocycles. The van der Waals surface area contributed by atoms with Crippen LogP contribution in [-0.4, -0.2) is 58.7 Å². The van der Waals surface area contributed by atoms with Crippen LogP contribution in [0.5, 0.6) is 0 Å². The number of carboxylic acids is 1. The van der Waals surface area contributed by atoms with Gasteiger partial charge >= 0.3 is 11.9 Å². The first-order valence-corrected chi connectivity index (χ1v) is 9.14. The average Bonchev–Trinajstić information content (AvgIpc) is 2.41. The Balaban J connectivity index is 4.11. The second-order valence-corrected chi connectivity index (χ2v) is 6.59. The predicted molar refractivity (Wildman–Crippen MR) is 85.6 cm³/mol. The van der Waals surface area contributed by atoms with E-state index in [1.807, 2.05) is 11.8 Å². The summed E-state index contributed by atoms with van der Waals surface area (Å²) in [5, 5.41) is 11.7. The van der Waals surface area contributed by atoms with Crippen LogP contribution in [0, 0.1) is 0 Å². The molecule has 0 saturated heterocycles. The summed E-state index contributed by atoms with van der Waals surface area (Å²) in [6.07, 6.45) is 1.17. The maximum absolute atomic E-state index is 11.8. The van der Waals surface area contributed by atoms with Crippen molar-refractivity contribution in [3.05, 3.63) is 0 Å². The number of carbonyl (C=O) groups excluding carboxylic acids is 1. The van der Waals surface area contributed by atoms with E-state index >= 15 is 0 Å². The van der Waals surface area contributed by atoms with E-state index in [9.17, 15) is 9.59 Å². The number of aliphatic carboxylic acids is 1. The largest absolute Gasteiger partial charge is 0.480 e. The molecule has 0 aliphatic heterocycles. The third-order valence-corrected chi connectivity index (χ3v) is 4.91. The average molecular weight is 323 g/mol. The van der Waals surface area contributed by atoms with Gasteiger partial charge in [0.15, 0.2) is 0 Å². The summed E-state index contributed by atoms with van der Waals surface area (Å²) in [5.41, 5.74) is 0. The van der Waals surface area contributed by atoms with Crippen LogP contribution in [0.2, 0.25) is 0 Å². The number of nitrogens with one attached hydrogen (secondary N) is 1. The standard InChI is InChI=1S/C13H25NO4S2/c1-4-6-19-7-8-20-9-11(13(17)18-5-2)14-10(3)12(15)16/h10-11,14H,4-9H2,1-3H3,(H,15,16)/t10?,11-/m0/s1. The first kappa shape index (κ1) is 19.6. The van der Waals surface area contributed by atoms with Crippen LogP contribution in [-0.2, 0) is 14.3 Å². The Labute approximate surface area is 129 Å². The first-order valence-electron chi connectivity index (χ1n) is 6.83. The van der Waals surface area contributed by atoms with E-state index in [2.05, 4.69) is 12.2 Å². The number of carbonyl (C=O) groups is 2. The highest BCUT2D eigenvalue weighted by Crippen LogP contribution is 2.10. The molecule has 20 heavy (non-hydrogen) atoms. The zero-order valence-electron chi connectivity index (χ0n) is 12.4. The summed E-state index contributed by atoms with van der Waals surface area (Å²) < 4.78 is 4.97. The van der Waals surface area contributed by atoms with Gasteiger partial charge in [0.1, 0.15) is 12.1 Å². The van der Waals surface area contributed by atoms with Gasteiger partial charge in [0.05, 0.1) is 6.61 Å². The van der Waals surface area contributed by atoms with E-state index < -0.39 is 18.1 Å². The number of hydrogen-bond acceptors (Lipinski definition) is 6. The van der Waals surface area contributed by atoms with E-state index in [1.54, 1.807) is 18.7 Å². The normalized spacial score (nSPS) is 13.8. The highest BCUT2D eigenvalue weighted by Gasteiger charge is 2.24. The van der Waals surface area contributed by atoms with Crippen molar-refractivity contribution < 1.29 is 19.4 Å². The predicted octanol–water partition coefficient (Wildman–Crippen LogP) is 1.86. The monoisotopic (exact) mass is 323 g/mol. The molecule has 0 saturated carbocycles. The minimum atomic E-state index is -0.970. The van der Waals surface area contributed by atoms with Gasteiger partial charge in [-0.25, -0.2) is 0 Å². The van der Waals surface area contributed by atoms with Crippen LogP contribution in [0.1, 0.15) is 27.2 Å². The van der Waals surface area contributed by atoms with E-state index in [-0.39, 0.29) is 5.97 Å². The molecule has 0 aromatic rings. The lowest BCUT2D eigenvalue weighted by Crippen LogP contribution is -2.47. The highest BCUT2D eigenvalue weighted by molar-refractivity contribution is 8.02. The third kappa shape index (κ3) is 9.50. The lowest BCUT2D eigenvalue weighted by atomic mass is 10.2. The maximum Gasteiger partial charge on any atom is 0.324 e. The topological polar surface area (TPSA) is 75.6 Å². The summed E-state index contributed by atoms with van der Waals surface area (Å²) in [7, 11) is 0. The third-order valence-electron chi connectivity index (χ3n) is 2.40. The van der Waals surface area contributed by atoms with Crippen LogP contribution in [0.3, 0.4) is 0 Å². The Hall–Kier alpha value is -0.400. The van der Waals surface area contributed by atoms with E-state index in [1.165, 1.54) is 13.3 Å². The van der Waals surface area contributed by atoms with Crippen molar-refractivity contribution >= 4 is 35.5 Å². The van der Waals surface area contributed by atoms with Gasteiger partial charge < -0.3 is 9.84 Å². The molecular weight excluding hydrogens is 298 g/mol. The van der Waals surface area contributed by atoms with Crippen LogP contribution >= 0.6 is 23.5 Å². The quantitative estimate of drug-likeness (QED) is 0.419. The number of hydrogen-bond donors (Lipinski definition) is 2. The smallest absolute Gasteiger partial charge is 0.324 e. The Morgan fingerprint density at radius 3 is 2.40 bits per heavy atom. The molecule has 0 bridgehead atoms. The van der Waals surface area contributed by atoms with Gasteiger partial charge in [0, 0.05) is 17.3 Å². The molecule has 5 nitrogen and oxygen atoms in total. The van der Waals surface area contributed by atoms with E-state index in [4.69, 9.17) is 9.84 Å². The van der Waals surface area contributed by atoms with Crippen molar-refractivity contribution in [3.63, 3.8) is 0 Å². The summed E-state index contributed by atoms with van der Waals surface area (Å²) in [5.74, 6) is 2.32. The molecule has 0 rings (SSSR count). The van der Waals surface area contributed by atoms with Crippen molar-refractivity contribution in [2.45, 2.75) is 39.3 Å². The van der Waals surface area contributed by atoms with Gasteiger partial charge in [-0.15, -0.1) is 0 Å². The fraction of sp³-hybridized carbons (Fsp3) is 0.846. The summed E-state index contributed by atoms with van der Waals surface area (Å²) in [6, 6.07) is -1.33. The molecule has 0 aliphatic rings. The van der Waals surface area contributed by atoms with Crippen LogP contribution in [0.15, 0.2) is 0 Å². The minimum absolute atomic E-state index is 0.301. The van der Waals surface area contributed by atoms with Crippen LogP contribution < -0.4 is 5.32 Å². The summed E-state index contributed by atoms with van der Waals surface area (Å²) in [4.78, 5) is 22.6. The molecule has 118 valence electrons. The van der Waals surface area contributed by atoms with Crippen molar-refractivity contribution in [1.29, 1.82) is 0 Å². The molecule has 0 fully saturated rings. The second-order valence-electron chi connectivity index (χ2n) is 4.22. The lowest BCUT2D eigenvalue weighted by molar-refractivity contribution is -0.146. The van der Waals surface area contributed by atoms with Gasteiger partial charge in [-0.05, 0) is 26.0 Å². The maximum atomic E-state index is 11.8. The van der Waals surface area contributed by atoms with Crippen LogP contribution in [0.4, 0.5) is 0 Å². The molecule has 0 aromatic heterocycles. The Morgan fingerprint density at radius 2 is 1.85 bits per heavy atom. The molecule has 2 N–H and O–H groups in total. The van der Waals surface area contributed by atoms with Gasteiger partial charge in [-0.2, -0.15) is 23.5 Å². The zero-order chi connectivity index (χ0) is 15.4. The zero-order valence-corrected chi connectivity index (χ0v) is 14.0. The number of esters is 1. The van der Waals surface area contributed by atoms with Crippen molar-refractivity contribution in [1.82, 2.24) is 5.32 Å². The van der Waals surface area contributed by atoms with Crippen molar-refractivity contribution in [2.24, 2.45) is 0 Å². The molecule has 7 heteroatoms. The van der Waals surface area contributed by atoms with Crippen molar-refractivity contribution in [2.75, 3.05) is 29.6 Å². The molecule has 1 unspecified atom stereocenters. The van der Waals surface area contributed by atoms with E-state index in [0.717, 1.165) is 17.3 Å². The van der Waals surface area contributed by atoms with Gasteiger partial charge in [0.2, 0.25) is 0 Å². The number of ether oxygens (including phenoxy) is 1. The van der Waals surface area contributed by atoms with Gasteiger partial charge in [-0.1, -0.05) is 6.92 Å². The highest BCUT2D eigenvalue weighted by atomic mass is 32.2. The fourth-order valence-corrected chi connectivity index (χ4v) is 3.44. The van der Waals surface area contributed by atoms with E-state index in [0.29, 0.717) is 12.4 Å². The Kier molecular flexibility index (Phi) is 12.1. The second kappa shape index (κ2) is 12.3. The summed E-state index contributed by atoms with van der Waals surface area (Å²) >= 11 is 3.53. The number of rotatable bonds is 12. The van der Waals surface area contributed by atoms with Crippen LogP contribution in [0.25, 0.3) is 0 Å². The fourth-order valence-electron chi connectivity index (χ4n) is 1.37. The first-order chi connectivity index (χ1) is 9.52. The summed E-state index contributed by atoms with van der Waals surface area (Å²) in [6.45, 7) is 5.71. The minimum Gasteiger partial charge on any atom is -0.480 e. The van der Waals surface area contributed by atoms with Gasteiger partial charge in [0.25, 0.3) is 0 Å². The molecule has 0 amide bonds. The molecular formula is C13H25NO4S2. The number of thioether (sulfide) groups is 2. The molecule has 0 spiro atoms. The van der Waals surface area contributed by atoms with Crippen molar-refractivity contribution in [3.8, 4) is 0 Å². The Bertz CT molecular complexity index is 290. The molecule has 0 aliphatic carbocycles. The SMILES string of the molecule is CCCSCCSC[C@H](NC(C)C(=O)O)C(=O)OCC. The number of carboxylic acid groups (broad SMARTS) is 1. The lowest BCUT2D eigenvalue weighted by Gasteiger charge is -2.19. The van der Waals surface area contributed by atoms with Gasteiger partial charge in [-0.3, -0.25) is 14.9 Å². The molecule has 2 atom stereocenters.